The Morgan fingerprint density at radius 1 is 1.19 bits per heavy atom. The minimum absolute atomic E-state index is 0.128. The normalized spacial score (nSPS) is 18.1. The van der Waals surface area contributed by atoms with Crippen molar-refractivity contribution >= 4 is 23.4 Å². The highest BCUT2D eigenvalue weighted by molar-refractivity contribution is 7.99. The van der Waals surface area contributed by atoms with Gasteiger partial charge in [-0.25, -0.2) is 0 Å². The van der Waals surface area contributed by atoms with Gasteiger partial charge in [-0.3, -0.25) is 4.79 Å². The number of rotatable bonds is 2. The molecule has 0 N–H and O–H groups in total. The van der Waals surface area contributed by atoms with Crippen LogP contribution in [0.4, 0.5) is 5.69 Å². The molecule has 0 aromatic heterocycles. The van der Waals surface area contributed by atoms with Gasteiger partial charge < -0.3 is 9.64 Å². The summed E-state index contributed by atoms with van der Waals surface area (Å²) in [6, 6.07) is 16.1. The van der Waals surface area contributed by atoms with Gasteiger partial charge in [0.05, 0.1) is 12.8 Å². The topological polar surface area (TPSA) is 29.5 Å². The molecule has 0 spiro atoms. The zero-order valence-electron chi connectivity index (χ0n) is 12.1. The number of ether oxygens (including phenoxy) is 1. The number of fused-ring (bicyclic) bond motifs is 1. The second-order valence-corrected chi connectivity index (χ2v) is 6.25. The van der Waals surface area contributed by atoms with Gasteiger partial charge in [-0.1, -0.05) is 30.3 Å². The van der Waals surface area contributed by atoms with Crippen molar-refractivity contribution in [2.45, 2.75) is 16.6 Å². The Kier molecular flexibility index (Phi) is 3.88. The molecule has 2 aromatic carbocycles. The minimum atomic E-state index is 0.128. The molecule has 2 aromatic rings. The Morgan fingerprint density at radius 3 is 2.67 bits per heavy atom. The highest BCUT2D eigenvalue weighted by atomic mass is 32.2. The summed E-state index contributed by atoms with van der Waals surface area (Å²) < 4.78 is 5.27. The lowest BCUT2D eigenvalue weighted by molar-refractivity contribution is -0.118. The van der Waals surface area contributed by atoms with Crippen molar-refractivity contribution in [3.05, 3.63) is 54.1 Å². The molecule has 0 saturated heterocycles. The Hall–Kier alpha value is -1.94. The fourth-order valence-electron chi connectivity index (χ4n) is 2.46. The van der Waals surface area contributed by atoms with Gasteiger partial charge >= 0.3 is 0 Å². The van der Waals surface area contributed by atoms with Crippen molar-refractivity contribution in [3.63, 3.8) is 0 Å². The van der Waals surface area contributed by atoms with Gasteiger partial charge in [0, 0.05) is 29.7 Å². The second kappa shape index (κ2) is 5.82. The molecular formula is C17H17NO2S. The average molecular weight is 299 g/mol. The van der Waals surface area contributed by atoms with Gasteiger partial charge in [-0.15, -0.1) is 11.8 Å². The third-order valence-corrected chi connectivity index (χ3v) is 5.02. The number of hydrogen-bond acceptors (Lipinski definition) is 3. The molecule has 4 heteroatoms. The van der Waals surface area contributed by atoms with E-state index in [1.54, 1.807) is 23.8 Å². The summed E-state index contributed by atoms with van der Waals surface area (Å²) in [4.78, 5) is 15.3. The predicted molar refractivity (Wildman–Crippen MR) is 86.1 cm³/mol. The third kappa shape index (κ3) is 2.76. The molecule has 1 heterocycles. The van der Waals surface area contributed by atoms with E-state index in [2.05, 4.69) is 12.1 Å². The summed E-state index contributed by atoms with van der Waals surface area (Å²) >= 11 is 1.74. The van der Waals surface area contributed by atoms with Crippen LogP contribution < -0.4 is 9.64 Å². The smallest absolute Gasteiger partial charge is 0.228 e. The van der Waals surface area contributed by atoms with E-state index in [-0.39, 0.29) is 11.2 Å². The van der Waals surface area contributed by atoms with E-state index in [1.807, 2.05) is 43.4 Å². The maximum atomic E-state index is 12.4. The molecular weight excluding hydrogens is 282 g/mol. The first-order chi connectivity index (χ1) is 10.2. The molecule has 1 atom stereocenters. The Bertz CT molecular complexity index is 657. The van der Waals surface area contributed by atoms with Crippen LogP contribution in [0.2, 0.25) is 0 Å². The van der Waals surface area contributed by atoms with Gasteiger partial charge in [0.2, 0.25) is 5.91 Å². The number of hydrogen-bond donors (Lipinski definition) is 0. The van der Waals surface area contributed by atoms with Crippen LogP contribution in [0.15, 0.2) is 53.4 Å². The SMILES string of the molecule is COc1ccc2c(c1)N(C)C(=O)CC(c1ccccc1)S2. The van der Waals surface area contributed by atoms with E-state index in [9.17, 15) is 4.79 Å². The van der Waals surface area contributed by atoms with Crippen LogP contribution in [0.5, 0.6) is 5.75 Å². The van der Waals surface area contributed by atoms with Crippen LogP contribution in [-0.2, 0) is 4.79 Å². The quantitative estimate of drug-likeness (QED) is 0.842. The first-order valence-electron chi connectivity index (χ1n) is 6.85. The van der Waals surface area contributed by atoms with Crippen molar-refractivity contribution in [2.24, 2.45) is 0 Å². The predicted octanol–water partition coefficient (Wildman–Crippen LogP) is 3.90. The minimum Gasteiger partial charge on any atom is -0.497 e. The molecule has 1 aliphatic rings. The van der Waals surface area contributed by atoms with Gasteiger partial charge in [-0.05, 0) is 17.7 Å². The Labute approximate surface area is 128 Å². The average Bonchev–Trinajstić information content (AvgIpc) is 2.66. The lowest BCUT2D eigenvalue weighted by atomic mass is 10.1. The molecule has 3 rings (SSSR count). The van der Waals surface area contributed by atoms with E-state index >= 15 is 0 Å². The molecule has 21 heavy (non-hydrogen) atoms. The van der Waals surface area contributed by atoms with Gasteiger partial charge in [0.15, 0.2) is 0 Å². The van der Waals surface area contributed by atoms with Crippen molar-refractivity contribution < 1.29 is 9.53 Å². The number of thioether (sulfide) groups is 1. The molecule has 0 fully saturated rings. The standard InChI is InChI=1S/C17H17NO2S/c1-18-14-10-13(20-2)8-9-15(14)21-16(11-17(18)19)12-6-4-3-5-7-12/h3-10,16H,11H2,1-2H3. The molecule has 1 amide bonds. The van der Waals surface area contributed by atoms with Crippen LogP contribution in [0, 0.1) is 0 Å². The number of benzene rings is 2. The number of carbonyl (C=O) groups excluding carboxylic acids is 1. The van der Waals surface area contributed by atoms with Crippen LogP contribution >= 0.6 is 11.8 Å². The summed E-state index contributed by atoms with van der Waals surface area (Å²) in [7, 11) is 3.47. The highest BCUT2D eigenvalue weighted by Crippen LogP contribution is 2.46. The van der Waals surface area contributed by atoms with E-state index in [1.165, 1.54) is 5.56 Å². The van der Waals surface area contributed by atoms with Crippen molar-refractivity contribution in [1.82, 2.24) is 0 Å². The number of carbonyl (C=O) groups is 1. The lowest BCUT2D eigenvalue weighted by Crippen LogP contribution is -2.25. The van der Waals surface area contributed by atoms with Crippen LogP contribution in [0.25, 0.3) is 0 Å². The van der Waals surface area contributed by atoms with Crippen molar-refractivity contribution in [2.75, 3.05) is 19.1 Å². The molecule has 0 bridgehead atoms. The van der Waals surface area contributed by atoms with E-state index < -0.39 is 0 Å². The fourth-order valence-corrected chi connectivity index (χ4v) is 3.75. The highest BCUT2D eigenvalue weighted by Gasteiger charge is 2.27. The zero-order valence-corrected chi connectivity index (χ0v) is 12.9. The molecule has 108 valence electrons. The van der Waals surface area contributed by atoms with E-state index in [4.69, 9.17) is 4.74 Å². The van der Waals surface area contributed by atoms with Crippen molar-refractivity contribution in [3.8, 4) is 5.75 Å². The molecule has 0 aliphatic carbocycles. The zero-order chi connectivity index (χ0) is 14.8. The third-order valence-electron chi connectivity index (χ3n) is 3.70. The summed E-state index contributed by atoms with van der Waals surface area (Å²) in [5.74, 6) is 0.899. The maximum Gasteiger partial charge on any atom is 0.228 e. The van der Waals surface area contributed by atoms with Crippen molar-refractivity contribution in [1.29, 1.82) is 0 Å². The molecule has 0 saturated carbocycles. The number of anilines is 1. The first kappa shape index (κ1) is 14.0. The molecule has 1 unspecified atom stereocenters. The maximum absolute atomic E-state index is 12.4. The van der Waals surface area contributed by atoms with Gasteiger partial charge in [0.1, 0.15) is 5.75 Å². The fraction of sp³-hybridized carbons (Fsp3) is 0.235. The Balaban J connectivity index is 2.01. The van der Waals surface area contributed by atoms with E-state index in [0.717, 1.165) is 16.3 Å². The second-order valence-electron chi connectivity index (χ2n) is 5.01. The summed E-state index contributed by atoms with van der Waals surface area (Å²) in [6.45, 7) is 0. The van der Waals surface area contributed by atoms with Crippen LogP contribution in [0.1, 0.15) is 17.2 Å². The lowest BCUT2D eigenvalue weighted by Gasteiger charge is -2.17. The molecule has 1 aliphatic heterocycles. The largest absolute Gasteiger partial charge is 0.497 e. The molecule has 3 nitrogen and oxygen atoms in total. The van der Waals surface area contributed by atoms with Gasteiger partial charge in [0.25, 0.3) is 0 Å². The Morgan fingerprint density at radius 2 is 1.95 bits per heavy atom. The monoisotopic (exact) mass is 299 g/mol. The number of nitrogens with zero attached hydrogens (tertiary/aromatic N) is 1. The summed E-state index contributed by atoms with van der Waals surface area (Å²) in [6.07, 6.45) is 0.502. The summed E-state index contributed by atoms with van der Waals surface area (Å²) in [5, 5.41) is 0.149. The molecule has 0 radical (unpaired) electrons. The van der Waals surface area contributed by atoms with Crippen LogP contribution in [0.3, 0.4) is 0 Å². The number of methoxy groups -OCH3 is 1. The first-order valence-corrected chi connectivity index (χ1v) is 7.73. The number of amides is 1. The van der Waals surface area contributed by atoms with Crippen LogP contribution in [-0.4, -0.2) is 20.1 Å². The van der Waals surface area contributed by atoms with Gasteiger partial charge in [-0.2, -0.15) is 0 Å². The van der Waals surface area contributed by atoms with E-state index in [0.29, 0.717) is 6.42 Å². The summed E-state index contributed by atoms with van der Waals surface area (Å²) in [5.41, 5.74) is 2.11.